The molecular weight excluding hydrogens is 280 g/mol. The van der Waals surface area contributed by atoms with Crippen LogP contribution < -0.4 is 0 Å². The van der Waals surface area contributed by atoms with E-state index in [1.165, 1.54) is 67.8 Å². The quantitative estimate of drug-likeness (QED) is 0.828. The van der Waals surface area contributed by atoms with Crippen LogP contribution in [0.4, 0.5) is 0 Å². The van der Waals surface area contributed by atoms with E-state index in [0.717, 1.165) is 0 Å². The molecule has 23 heavy (non-hydrogen) atoms. The normalized spacial score (nSPS) is 16.6. The van der Waals surface area contributed by atoms with Gasteiger partial charge in [-0.3, -0.25) is 0 Å². The monoisotopic (exact) mass is 308 g/mol. The molecule has 3 rings (SSSR count). The Kier molecular flexibility index (Phi) is 5.47. The molecule has 1 aliphatic rings. The third-order valence-electron chi connectivity index (χ3n) is 4.92. The Morgan fingerprint density at radius 1 is 0.913 bits per heavy atom. The van der Waals surface area contributed by atoms with Crippen molar-refractivity contribution < 1.29 is 0 Å². The summed E-state index contributed by atoms with van der Waals surface area (Å²) in [6.45, 7) is 8.28. The van der Waals surface area contributed by atoms with Crippen molar-refractivity contribution in [3.05, 3.63) is 59.7 Å². The minimum Gasteiger partial charge on any atom is -0.304 e. The molecule has 1 aliphatic heterocycles. The van der Waals surface area contributed by atoms with Gasteiger partial charge in [-0.1, -0.05) is 48.5 Å². The van der Waals surface area contributed by atoms with Crippen LogP contribution in [-0.4, -0.2) is 49.6 Å². The van der Waals surface area contributed by atoms with E-state index in [9.17, 15) is 0 Å². The lowest BCUT2D eigenvalue weighted by Crippen LogP contribution is -2.44. The van der Waals surface area contributed by atoms with Gasteiger partial charge in [-0.2, -0.15) is 0 Å². The van der Waals surface area contributed by atoms with Gasteiger partial charge in [0.05, 0.1) is 0 Å². The fourth-order valence-electron chi connectivity index (χ4n) is 3.37. The number of hydrogen-bond acceptors (Lipinski definition) is 2. The fourth-order valence-corrected chi connectivity index (χ4v) is 3.37. The molecule has 0 atom stereocenters. The molecule has 0 unspecified atom stereocenters. The zero-order chi connectivity index (χ0) is 16.1. The molecule has 2 aromatic carbocycles. The lowest BCUT2D eigenvalue weighted by atomic mass is 9.97. The zero-order valence-corrected chi connectivity index (χ0v) is 14.5. The number of likely N-dealkylation sites (N-methyl/N-ethyl adjacent to an activating group) is 1. The molecule has 0 aliphatic carbocycles. The molecule has 1 saturated heterocycles. The molecular formula is C21H28N2. The maximum Gasteiger partial charge on any atom is 0.0110 e. The van der Waals surface area contributed by atoms with E-state index in [0.29, 0.717) is 0 Å². The predicted octanol–water partition coefficient (Wildman–Crippen LogP) is 3.84. The maximum absolute atomic E-state index is 2.60. The molecule has 0 aromatic heterocycles. The highest BCUT2D eigenvalue weighted by atomic mass is 15.2. The third kappa shape index (κ3) is 4.43. The molecule has 0 amide bonds. The molecule has 1 fully saturated rings. The third-order valence-corrected chi connectivity index (χ3v) is 4.92. The van der Waals surface area contributed by atoms with Crippen molar-refractivity contribution in [2.75, 3.05) is 39.8 Å². The highest BCUT2D eigenvalue weighted by Crippen LogP contribution is 2.24. The van der Waals surface area contributed by atoms with Gasteiger partial charge in [0.15, 0.2) is 0 Å². The van der Waals surface area contributed by atoms with Gasteiger partial charge in [-0.15, -0.1) is 0 Å². The second-order valence-electron chi connectivity index (χ2n) is 6.76. The van der Waals surface area contributed by atoms with Crippen molar-refractivity contribution in [2.24, 2.45) is 0 Å². The topological polar surface area (TPSA) is 6.48 Å². The van der Waals surface area contributed by atoms with E-state index in [-0.39, 0.29) is 0 Å². The zero-order valence-electron chi connectivity index (χ0n) is 14.5. The van der Waals surface area contributed by atoms with Gasteiger partial charge in [-0.25, -0.2) is 0 Å². The number of piperazine rings is 1. The van der Waals surface area contributed by atoms with E-state index >= 15 is 0 Å². The summed E-state index contributed by atoms with van der Waals surface area (Å²) in [5.74, 6) is 0. The van der Waals surface area contributed by atoms with E-state index in [1.807, 2.05) is 0 Å². The Morgan fingerprint density at radius 2 is 1.70 bits per heavy atom. The Morgan fingerprint density at radius 3 is 2.48 bits per heavy atom. The van der Waals surface area contributed by atoms with Crippen molar-refractivity contribution in [3.63, 3.8) is 0 Å². The standard InChI is InChI=1S/C21H28N2/c1-18-7-3-4-11-21(18)20-10-5-8-19(17-20)9-6-12-23-15-13-22(2)14-16-23/h3-5,7-8,10-11,17H,6,9,12-16H2,1-2H3. The summed E-state index contributed by atoms with van der Waals surface area (Å²) < 4.78 is 0. The molecule has 122 valence electrons. The molecule has 0 spiro atoms. The number of nitrogens with zero attached hydrogens (tertiary/aromatic N) is 2. The summed E-state index contributed by atoms with van der Waals surface area (Å²) in [4.78, 5) is 5.02. The van der Waals surface area contributed by atoms with Gasteiger partial charge in [0, 0.05) is 26.2 Å². The number of aryl methyl sites for hydroxylation is 2. The van der Waals surface area contributed by atoms with Crippen LogP contribution in [0, 0.1) is 6.92 Å². The Labute approximate surface area is 140 Å². The van der Waals surface area contributed by atoms with Gasteiger partial charge in [0.2, 0.25) is 0 Å². The maximum atomic E-state index is 2.60. The van der Waals surface area contributed by atoms with Gasteiger partial charge < -0.3 is 9.80 Å². The Hall–Kier alpha value is -1.64. The van der Waals surface area contributed by atoms with Gasteiger partial charge in [0.25, 0.3) is 0 Å². The van der Waals surface area contributed by atoms with Crippen LogP contribution in [0.15, 0.2) is 48.5 Å². The average Bonchev–Trinajstić information content (AvgIpc) is 2.57. The summed E-state index contributed by atoms with van der Waals surface area (Å²) >= 11 is 0. The molecule has 2 heteroatoms. The molecule has 0 radical (unpaired) electrons. The van der Waals surface area contributed by atoms with Gasteiger partial charge in [0.1, 0.15) is 0 Å². The molecule has 0 N–H and O–H groups in total. The highest BCUT2D eigenvalue weighted by molar-refractivity contribution is 5.67. The first-order valence-corrected chi connectivity index (χ1v) is 8.78. The summed E-state index contributed by atoms with van der Waals surface area (Å²) in [6, 6.07) is 17.7. The van der Waals surface area contributed by atoms with Crippen molar-refractivity contribution >= 4 is 0 Å². The first kappa shape index (κ1) is 16.2. The van der Waals surface area contributed by atoms with Crippen molar-refractivity contribution in [2.45, 2.75) is 19.8 Å². The number of rotatable bonds is 5. The SMILES string of the molecule is Cc1ccccc1-c1cccc(CCCN2CCN(C)CC2)c1. The van der Waals surface area contributed by atoms with Crippen molar-refractivity contribution in [1.29, 1.82) is 0 Å². The van der Waals surface area contributed by atoms with Crippen molar-refractivity contribution in [1.82, 2.24) is 9.80 Å². The van der Waals surface area contributed by atoms with Gasteiger partial charge >= 0.3 is 0 Å². The number of benzene rings is 2. The molecule has 2 aromatic rings. The molecule has 0 saturated carbocycles. The van der Waals surface area contributed by atoms with Crippen LogP contribution in [0.2, 0.25) is 0 Å². The van der Waals surface area contributed by atoms with Crippen LogP contribution in [0.1, 0.15) is 17.5 Å². The first-order chi connectivity index (χ1) is 11.2. The number of hydrogen-bond donors (Lipinski definition) is 0. The summed E-state index contributed by atoms with van der Waals surface area (Å²) in [7, 11) is 2.22. The lowest BCUT2D eigenvalue weighted by molar-refractivity contribution is 0.153. The van der Waals surface area contributed by atoms with Crippen LogP contribution in [-0.2, 0) is 6.42 Å². The first-order valence-electron chi connectivity index (χ1n) is 8.78. The van der Waals surface area contributed by atoms with Gasteiger partial charge in [-0.05, 0) is 55.6 Å². The van der Waals surface area contributed by atoms with E-state index in [1.54, 1.807) is 0 Å². The minimum absolute atomic E-state index is 1.17. The Balaban J connectivity index is 1.57. The summed E-state index contributed by atoms with van der Waals surface area (Å²) in [5.41, 5.74) is 5.51. The largest absolute Gasteiger partial charge is 0.304 e. The van der Waals surface area contributed by atoms with E-state index in [2.05, 4.69) is 72.3 Å². The second kappa shape index (κ2) is 7.76. The fraction of sp³-hybridized carbons (Fsp3) is 0.429. The smallest absolute Gasteiger partial charge is 0.0110 e. The Bertz CT molecular complexity index is 627. The van der Waals surface area contributed by atoms with Crippen LogP contribution >= 0.6 is 0 Å². The van der Waals surface area contributed by atoms with Crippen molar-refractivity contribution in [3.8, 4) is 11.1 Å². The van der Waals surface area contributed by atoms with Crippen LogP contribution in [0.5, 0.6) is 0 Å². The minimum atomic E-state index is 1.17. The van der Waals surface area contributed by atoms with Crippen LogP contribution in [0.25, 0.3) is 11.1 Å². The average molecular weight is 308 g/mol. The summed E-state index contributed by atoms with van der Waals surface area (Å²) in [6.07, 6.45) is 2.42. The molecule has 0 bridgehead atoms. The summed E-state index contributed by atoms with van der Waals surface area (Å²) in [5, 5.41) is 0. The van der Waals surface area contributed by atoms with E-state index in [4.69, 9.17) is 0 Å². The second-order valence-corrected chi connectivity index (χ2v) is 6.76. The highest BCUT2D eigenvalue weighted by Gasteiger charge is 2.12. The predicted molar refractivity (Wildman–Crippen MR) is 98.9 cm³/mol. The van der Waals surface area contributed by atoms with Crippen LogP contribution in [0.3, 0.4) is 0 Å². The lowest BCUT2D eigenvalue weighted by Gasteiger charge is -2.32. The molecule has 1 heterocycles. The van der Waals surface area contributed by atoms with E-state index < -0.39 is 0 Å². The molecule has 2 nitrogen and oxygen atoms in total.